The molecule has 0 spiro atoms. The maximum Gasteiger partial charge on any atom is 0.249 e. The normalized spacial score (nSPS) is 10.5. The van der Waals surface area contributed by atoms with Crippen molar-refractivity contribution in [2.75, 3.05) is 10.6 Å². The van der Waals surface area contributed by atoms with Crippen LogP contribution in [-0.2, 0) is 0 Å². The van der Waals surface area contributed by atoms with Crippen LogP contribution in [0, 0.1) is 6.92 Å². The molecular weight excluding hydrogens is 369 g/mol. The van der Waals surface area contributed by atoms with Crippen LogP contribution in [0.25, 0.3) is 0 Å². The van der Waals surface area contributed by atoms with Crippen molar-refractivity contribution < 1.29 is 0 Å². The SMILES string of the molecule is Cc1ccc(Cl)cc1Nc1cnnc(Nc2ccc(Cl)c(Cl)c2)n1. The smallest absolute Gasteiger partial charge is 0.249 e. The number of rotatable bonds is 4. The Labute approximate surface area is 154 Å². The minimum atomic E-state index is 0.332. The molecule has 5 nitrogen and oxygen atoms in total. The second-order valence-electron chi connectivity index (χ2n) is 5.00. The molecule has 2 aromatic carbocycles. The second kappa shape index (κ2) is 7.21. The number of anilines is 4. The van der Waals surface area contributed by atoms with Crippen LogP contribution in [0.4, 0.5) is 23.1 Å². The first-order valence-corrected chi connectivity index (χ1v) is 8.09. The van der Waals surface area contributed by atoms with E-state index in [0.29, 0.717) is 32.5 Å². The lowest BCUT2D eigenvalue weighted by Crippen LogP contribution is -2.03. The predicted octanol–water partition coefficient (Wildman–Crippen LogP) is 5.63. The Morgan fingerprint density at radius 2 is 1.75 bits per heavy atom. The first-order chi connectivity index (χ1) is 11.5. The van der Waals surface area contributed by atoms with Crippen LogP contribution in [0.15, 0.2) is 42.6 Å². The Morgan fingerprint density at radius 1 is 0.917 bits per heavy atom. The average molecular weight is 381 g/mol. The zero-order chi connectivity index (χ0) is 17.1. The van der Waals surface area contributed by atoms with Gasteiger partial charge in [0.2, 0.25) is 5.95 Å². The van der Waals surface area contributed by atoms with E-state index in [4.69, 9.17) is 34.8 Å². The fraction of sp³-hybridized carbons (Fsp3) is 0.0625. The van der Waals surface area contributed by atoms with Crippen molar-refractivity contribution in [3.8, 4) is 0 Å². The summed E-state index contributed by atoms with van der Waals surface area (Å²) in [5.41, 5.74) is 2.60. The van der Waals surface area contributed by atoms with E-state index in [9.17, 15) is 0 Å². The maximum absolute atomic E-state index is 6.03. The van der Waals surface area contributed by atoms with Gasteiger partial charge in [-0.25, -0.2) is 0 Å². The third-order valence-electron chi connectivity index (χ3n) is 3.20. The van der Waals surface area contributed by atoms with Crippen LogP contribution in [-0.4, -0.2) is 15.2 Å². The second-order valence-corrected chi connectivity index (χ2v) is 6.25. The monoisotopic (exact) mass is 379 g/mol. The molecule has 0 saturated heterocycles. The summed E-state index contributed by atoms with van der Waals surface area (Å²) in [6, 6.07) is 10.7. The molecule has 0 unspecified atom stereocenters. The number of aryl methyl sites for hydroxylation is 1. The van der Waals surface area contributed by atoms with Crippen LogP contribution in [0.3, 0.4) is 0 Å². The minimum absolute atomic E-state index is 0.332. The highest BCUT2D eigenvalue weighted by molar-refractivity contribution is 6.42. The lowest BCUT2D eigenvalue weighted by molar-refractivity contribution is 0.982. The molecule has 3 aromatic rings. The summed E-state index contributed by atoms with van der Waals surface area (Å²) in [5.74, 6) is 0.871. The fourth-order valence-electron chi connectivity index (χ4n) is 1.99. The van der Waals surface area contributed by atoms with Crippen molar-refractivity contribution in [3.63, 3.8) is 0 Å². The van der Waals surface area contributed by atoms with Gasteiger partial charge in [0.25, 0.3) is 0 Å². The number of benzene rings is 2. The highest BCUT2D eigenvalue weighted by Gasteiger charge is 2.06. The van der Waals surface area contributed by atoms with Gasteiger partial charge in [0, 0.05) is 16.4 Å². The number of nitrogens with one attached hydrogen (secondary N) is 2. The van der Waals surface area contributed by atoms with Crippen molar-refractivity contribution in [1.29, 1.82) is 0 Å². The van der Waals surface area contributed by atoms with Crippen LogP contribution in [0.1, 0.15) is 5.56 Å². The number of hydrogen-bond acceptors (Lipinski definition) is 5. The summed E-state index contributed by atoms with van der Waals surface area (Å²) < 4.78 is 0. The molecule has 2 N–H and O–H groups in total. The van der Waals surface area contributed by atoms with Gasteiger partial charge < -0.3 is 10.6 Å². The first kappa shape index (κ1) is 16.8. The highest BCUT2D eigenvalue weighted by atomic mass is 35.5. The number of nitrogens with zero attached hydrogens (tertiary/aromatic N) is 3. The van der Waals surface area contributed by atoms with E-state index in [2.05, 4.69) is 25.8 Å². The Morgan fingerprint density at radius 3 is 2.54 bits per heavy atom. The molecule has 122 valence electrons. The third-order valence-corrected chi connectivity index (χ3v) is 4.17. The van der Waals surface area contributed by atoms with Crippen molar-refractivity contribution in [2.24, 2.45) is 0 Å². The van der Waals surface area contributed by atoms with Gasteiger partial charge in [-0.15, -0.1) is 5.10 Å². The molecule has 3 rings (SSSR count). The summed E-state index contributed by atoms with van der Waals surface area (Å²) in [4.78, 5) is 4.37. The molecule has 1 heterocycles. The van der Waals surface area contributed by atoms with Gasteiger partial charge in [-0.05, 0) is 42.8 Å². The van der Waals surface area contributed by atoms with E-state index in [1.54, 1.807) is 18.2 Å². The lowest BCUT2D eigenvalue weighted by atomic mass is 10.2. The quantitative estimate of drug-likeness (QED) is 0.614. The van der Waals surface area contributed by atoms with Crippen molar-refractivity contribution in [2.45, 2.75) is 6.92 Å². The molecule has 0 aliphatic heterocycles. The molecule has 24 heavy (non-hydrogen) atoms. The fourth-order valence-corrected chi connectivity index (χ4v) is 2.46. The molecule has 0 radical (unpaired) electrons. The van der Waals surface area contributed by atoms with Gasteiger partial charge in [-0.1, -0.05) is 40.9 Å². The van der Waals surface area contributed by atoms with Crippen molar-refractivity contribution in [3.05, 3.63) is 63.2 Å². The Balaban J connectivity index is 1.81. The Kier molecular flexibility index (Phi) is 5.04. The van der Waals surface area contributed by atoms with Crippen LogP contribution < -0.4 is 10.6 Å². The van der Waals surface area contributed by atoms with E-state index in [1.807, 2.05) is 25.1 Å². The molecule has 8 heteroatoms. The summed E-state index contributed by atoms with van der Waals surface area (Å²) in [6.45, 7) is 1.97. The van der Waals surface area contributed by atoms with Gasteiger partial charge in [0.15, 0.2) is 5.82 Å². The molecule has 0 aliphatic carbocycles. The van der Waals surface area contributed by atoms with Gasteiger partial charge in [0.1, 0.15) is 0 Å². The highest BCUT2D eigenvalue weighted by Crippen LogP contribution is 2.27. The summed E-state index contributed by atoms with van der Waals surface area (Å²) >= 11 is 17.9. The minimum Gasteiger partial charge on any atom is -0.339 e. The zero-order valence-corrected chi connectivity index (χ0v) is 14.8. The summed E-state index contributed by atoms with van der Waals surface area (Å²) in [7, 11) is 0. The van der Waals surface area contributed by atoms with E-state index in [1.165, 1.54) is 6.20 Å². The molecule has 0 bridgehead atoms. The predicted molar refractivity (Wildman–Crippen MR) is 99.0 cm³/mol. The molecular formula is C16H12Cl3N5. The van der Waals surface area contributed by atoms with Crippen molar-refractivity contribution in [1.82, 2.24) is 15.2 Å². The number of hydrogen-bond donors (Lipinski definition) is 2. The Hall–Kier alpha value is -2.08. The van der Waals surface area contributed by atoms with Gasteiger partial charge in [0.05, 0.1) is 16.2 Å². The van der Waals surface area contributed by atoms with E-state index < -0.39 is 0 Å². The summed E-state index contributed by atoms with van der Waals surface area (Å²) in [6.07, 6.45) is 1.53. The van der Waals surface area contributed by atoms with E-state index >= 15 is 0 Å². The van der Waals surface area contributed by atoms with Crippen molar-refractivity contribution >= 4 is 57.9 Å². The van der Waals surface area contributed by atoms with E-state index in [0.717, 1.165) is 11.3 Å². The lowest BCUT2D eigenvalue weighted by Gasteiger charge is -2.10. The average Bonchev–Trinajstić information content (AvgIpc) is 2.55. The first-order valence-electron chi connectivity index (χ1n) is 6.96. The van der Waals surface area contributed by atoms with Gasteiger partial charge >= 0.3 is 0 Å². The molecule has 0 atom stereocenters. The third kappa shape index (κ3) is 4.06. The summed E-state index contributed by atoms with van der Waals surface area (Å²) in [5, 5.41) is 15.7. The largest absolute Gasteiger partial charge is 0.339 e. The van der Waals surface area contributed by atoms with E-state index in [-0.39, 0.29) is 0 Å². The Bertz CT molecular complexity index is 885. The maximum atomic E-state index is 6.03. The molecule has 0 amide bonds. The zero-order valence-electron chi connectivity index (χ0n) is 12.5. The molecule has 0 fully saturated rings. The van der Waals surface area contributed by atoms with Crippen LogP contribution >= 0.6 is 34.8 Å². The topological polar surface area (TPSA) is 62.7 Å². The number of aromatic nitrogens is 3. The molecule has 0 aliphatic rings. The molecule has 1 aromatic heterocycles. The standard InChI is InChI=1S/C16H12Cl3N5/c1-9-2-3-10(17)6-14(9)22-15-8-20-24-16(23-15)21-11-4-5-12(18)13(19)7-11/h2-8H,1H3,(H2,21,22,23,24). The van der Waals surface area contributed by atoms with Gasteiger partial charge in [-0.2, -0.15) is 10.1 Å². The van der Waals surface area contributed by atoms with Crippen LogP contribution in [0.5, 0.6) is 0 Å². The van der Waals surface area contributed by atoms with Gasteiger partial charge in [-0.3, -0.25) is 0 Å². The van der Waals surface area contributed by atoms with Crippen LogP contribution in [0.2, 0.25) is 15.1 Å². The number of halogens is 3. The molecule has 0 saturated carbocycles.